The number of nitrogens with zero attached hydrogens (tertiary/aromatic N) is 1. The first-order valence-corrected chi connectivity index (χ1v) is 7.36. The quantitative estimate of drug-likeness (QED) is 0.765. The van der Waals surface area contributed by atoms with Crippen LogP contribution in [0.15, 0.2) is 24.3 Å². The normalized spacial score (nSPS) is 26.9. The molecule has 0 spiro atoms. The van der Waals surface area contributed by atoms with Crippen LogP contribution in [0.3, 0.4) is 0 Å². The van der Waals surface area contributed by atoms with Crippen molar-refractivity contribution in [2.45, 2.75) is 64.0 Å². The Morgan fingerprint density at radius 2 is 1.63 bits per heavy atom. The fourth-order valence-corrected chi connectivity index (χ4v) is 3.70. The van der Waals surface area contributed by atoms with Crippen LogP contribution >= 0.6 is 0 Å². The summed E-state index contributed by atoms with van der Waals surface area (Å²) >= 11 is 0. The summed E-state index contributed by atoms with van der Waals surface area (Å²) in [5, 5.41) is 0. The summed E-state index contributed by atoms with van der Waals surface area (Å²) in [6.07, 6.45) is 3.84. The fraction of sp³-hybridized carbons (Fsp3) is 0.588. The van der Waals surface area contributed by atoms with Crippen LogP contribution in [0.5, 0.6) is 0 Å². The largest absolute Gasteiger partial charge is 0.364 e. The summed E-state index contributed by atoms with van der Waals surface area (Å²) in [7, 11) is 0. The fourth-order valence-electron chi connectivity index (χ4n) is 3.70. The van der Waals surface area contributed by atoms with Crippen molar-refractivity contribution in [1.82, 2.24) is 0 Å². The molecule has 0 amide bonds. The molecule has 1 aromatic carbocycles. The van der Waals surface area contributed by atoms with Gasteiger partial charge in [-0.1, -0.05) is 39.0 Å². The molecule has 0 aliphatic carbocycles. The van der Waals surface area contributed by atoms with Gasteiger partial charge in [-0.25, -0.2) is 0 Å². The number of para-hydroxylation sites is 1. The molecule has 19 heavy (non-hydrogen) atoms. The second-order valence-electron chi connectivity index (χ2n) is 7.01. The summed E-state index contributed by atoms with van der Waals surface area (Å²) in [4.78, 5) is 14.3. The first-order chi connectivity index (χ1) is 8.97. The van der Waals surface area contributed by atoms with E-state index in [-0.39, 0.29) is 5.41 Å². The molecule has 2 fully saturated rings. The summed E-state index contributed by atoms with van der Waals surface area (Å²) in [5.74, 6) is 0.456. The number of benzene rings is 1. The maximum absolute atomic E-state index is 11.8. The third kappa shape index (κ3) is 2.18. The van der Waals surface area contributed by atoms with E-state index in [9.17, 15) is 4.79 Å². The minimum Gasteiger partial charge on any atom is -0.364 e. The monoisotopic (exact) mass is 257 g/mol. The van der Waals surface area contributed by atoms with Crippen molar-refractivity contribution < 1.29 is 4.79 Å². The molecular formula is C17H23NO. The highest BCUT2D eigenvalue weighted by molar-refractivity contribution is 5.83. The van der Waals surface area contributed by atoms with Crippen molar-refractivity contribution in [2.24, 2.45) is 0 Å². The van der Waals surface area contributed by atoms with E-state index in [4.69, 9.17) is 0 Å². The third-order valence-corrected chi connectivity index (χ3v) is 4.54. The molecule has 0 N–H and O–H groups in total. The molecule has 2 nitrogen and oxygen atoms in total. The molecule has 2 heteroatoms. The van der Waals surface area contributed by atoms with Crippen LogP contribution in [0.2, 0.25) is 0 Å². The lowest BCUT2D eigenvalue weighted by Crippen LogP contribution is -2.44. The predicted octanol–water partition coefficient (Wildman–Crippen LogP) is 3.68. The van der Waals surface area contributed by atoms with Gasteiger partial charge in [-0.2, -0.15) is 0 Å². The summed E-state index contributed by atoms with van der Waals surface area (Å²) in [6, 6.07) is 9.61. The Morgan fingerprint density at radius 1 is 1.05 bits per heavy atom. The molecule has 2 saturated heterocycles. The molecule has 1 aromatic rings. The van der Waals surface area contributed by atoms with Gasteiger partial charge in [0, 0.05) is 30.6 Å². The lowest BCUT2D eigenvalue weighted by Gasteiger charge is -2.39. The number of hydrogen-bond acceptors (Lipinski definition) is 2. The Labute approximate surface area is 115 Å². The van der Waals surface area contributed by atoms with Gasteiger partial charge in [-0.3, -0.25) is 4.79 Å². The highest BCUT2D eigenvalue weighted by Gasteiger charge is 2.41. The third-order valence-electron chi connectivity index (χ3n) is 4.54. The van der Waals surface area contributed by atoms with Crippen molar-refractivity contribution in [2.75, 3.05) is 4.90 Å². The second-order valence-corrected chi connectivity index (χ2v) is 7.01. The van der Waals surface area contributed by atoms with Crippen molar-refractivity contribution >= 4 is 11.5 Å². The van der Waals surface area contributed by atoms with Gasteiger partial charge in [-0.05, 0) is 29.9 Å². The van der Waals surface area contributed by atoms with Gasteiger partial charge in [0.05, 0.1) is 0 Å². The Morgan fingerprint density at radius 3 is 2.21 bits per heavy atom. The maximum atomic E-state index is 11.8. The Balaban J connectivity index is 2.02. The minimum absolute atomic E-state index is 0.150. The topological polar surface area (TPSA) is 20.3 Å². The number of fused-ring (bicyclic) bond motifs is 2. The van der Waals surface area contributed by atoms with E-state index in [1.807, 2.05) is 0 Å². The first-order valence-electron chi connectivity index (χ1n) is 7.36. The lowest BCUT2D eigenvalue weighted by molar-refractivity contribution is -0.120. The zero-order valence-electron chi connectivity index (χ0n) is 12.1. The summed E-state index contributed by atoms with van der Waals surface area (Å²) in [5.41, 5.74) is 2.91. The predicted molar refractivity (Wildman–Crippen MR) is 78.7 cm³/mol. The Kier molecular flexibility index (Phi) is 2.92. The molecule has 0 saturated carbocycles. The maximum Gasteiger partial charge on any atom is 0.137 e. The molecule has 2 bridgehead atoms. The Hall–Kier alpha value is -1.31. The van der Waals surface area contributed by atoms with Gasteiger partial charge in [0.15, 0.2) is 0 Å². The van der Waals surface area contributed by atoms with E-state index in [1.54, 1.807) is 0 Å². The summed E-state index contributed by atoms with van der Waals surface area (Å²) in [6.45, 7) is 6.80. The lowest BCUT2D eigenvalue weighted by atomic mass is 9.84. The van der Waals surface area contributed by atoms with Crippen molar-refractivity contribution in [3.63, 3.8) is 0 Å². The van der Waals surface area contributed by atoms with Crippen LogP contribution in [0.4, 0.5) is 5.69 Å². The number of anilines is 1. The van der Waals surface area contributed by atoms with E-state index < -0.39 is 0 Å². The second kappa shape index (κ2) is 4.36. The zero-order valence-corrected chi connectivity index (χ0v) is 12.1. The number of rotatable bonds is 1. The van der Waals surface area contributed by atoms with Crippen LogP contribution in [0.1, 0.15) is 52.0 Å². The minimum atomic E-state index is 0.150. The Bertz CT molecular complexity index is 484. The molecule has 2 unspecified atom stereocenters. The van der Waals surface area contributed by atoms with Gasteiger partial charge in [0.2, 0.25) is 0 Å². The molecule has 2 atom stereocenters. The smallest absolute Gasteiger partial charge is 0.137 e. The van der Waals surface area contributed by atoms with Crippen molar-refractivity contribution in [3.05, 3.63) is 29.8 Å². The average molecular weight is 257 g/mol. The first kappa shape index (κ1) is 12.7. The zero-order chi connectivity index (χ0) is 13.6. The number of carbonyl (C=O) groups excluding carboxylic acids is 1. The van der Waals surface area contributed by atoms with E-state index in [1.165, 1.54) is 24.1 Å². The molecule has 2 aliphatic rings. The van der Waals surface area contributed by atoms with E-state index in [0.29, 0.717) is 17.9 Å². The number of Topliss-reactive ketones (excluding diaryl/α,β-unsaturated/α-hetero) is 1. The van der Waals surface area contributed by atoms with Gasteiger partial charge < -0.3 is 4.90 Å². The van der Waals surface area contributed by atoms with Crippen LogP contribution in [0.25, 0.3) is 0 Å². The number of carbonyl (C=O) groups is 1. The molecule has 3 rings (SSSR count). The van der Waals surface area contributed by atoms with Crippen LogP contribution in [-0.2, 0) is 10.2 Å². The highest BCUT2D eigenvalue weighted by Crippen LogP contribution is 2.42. The van der Waals surface area contributed by atoms with Crippen molar-refractivity contribution in [1.29, 1.82) is 0 Å². The number of piperidine rings is 1. The number of ketones is 1. The molecule has 0 radical (unpaired) electrons. The van der Waals surface area contributed by atoms with Gasteiger partial charge in [-0.15, -0.1) is 0 Å². The summed E-state index contributed by atoms with van der Waals surface area (Å²) < 4.78 is 0. The average Bonchev–Trinajstić information content (AvgIpc) is 2.60. The van der Waals surface area contributed by atoms with Gasteiger partial charge >= 0.3 is 0 Å². The molecule has 2 heterocycles. The van der Waals surface area contributed by atoms with Gasteiger partial charge in [0.25, 0.3) is 0 Å². The molecule has 0 aromatic heterocycles. The highest BCUT2D eigenvalue weighted by atomic mass is 16.1. The van der Waals surface area contributed by atoms with E-state index >= 15 is 0 Å². The van der Waals surface area contributed by atoms with Gasteiger partial charge in [0.1, 0.15) is 5.78 Å². The standard InChI is InChI=1S/C17H23NO/c1-17(2,3)15-6-4-5-7-16(15)18-12-8-9-13(18)11-14(19)10-12/h4-7,12-13H,8-11H2,1-3H3. The molecule has 2 aliphatic heterocycles. The molecular weight excluding hydrogens is 234 g/mol. The van der Waals surface area contributed by atoms with E-state index in [0.717, 1.165) is 12.8 Å². The van der Waals surface area contributed by atoms with Crippen LogP contribution < -0.4 is 4.90 Å². The SMILES string of the molecule is CC(C)(C)c1ccccc1N1C2CCC1CC(=O)C2. The van der Waals surface area contributed by atoms with Crippen LogP contribution in [-0.4, -0.2) is 17.9 Å². The van der Waals surface area contributed by atoms with E-state index in [2.05, 4.69) is 49.9 Å². The molecule has 102 valence electrons. The number of hydrogen-bond donors (Lipinski definition) is 0. The van der Waals surface area contributed by atoms with Crippen LogP contribution in [0, 0.1) is 0 Å². The van der Waals surface area contributed by atoms with Crippen molar-refractivity contribution in [3.8, 4) is 0 Å².